The van der Waals surface area contributed by atoms with Gasteiger partial charge in [0.05, 0.1) is 0 Å². The van der Waals surface area contributed by atoms with Gasteiger partial charge >= 0.3 is 5.97 Å². The van der Waals surface area contributed by atoms with Crippen molar-refractivity contribution in [2.45, 2.75) is 30.3 Å². The van der Waals surface area contributed by atoms with Gasteiger partial charge in [0.2, 0.25) is 5.91 Å². The molecule has 1 amide bonds. The molecule has 3 atom stereocenters. The fraction of sp³-hybridized carbons (Fsp3) is 0.316. The number of rotatable bonds is 6. The van der Waals surface area contributed by atoms with Gasteiger partial charge in [-0.15, -0.1) is 11.8 Å². The number of amides is 1. The van der Waals surface area contributed by atoms with Crippen LogP contribution in [0.3, 0.4) is 0 Å². The van der Waals surface area contributed by atoms with Crippen LogP contribution in [0.4, 0.5) is 0 Å². The summed E-state index contributed by atoms with van der Waals surface area (Å²) in [6.45, 7) is 0. The maximum absolute atomic E-state index is 12.8. The molecule has 3 aliphatic rings. The molecule has 1 aromatic carbocycles. The van der Waals surface area contributed by atoms with Crippen LogP contribution in [0.25, 0.3) is 0 Å². The minimum atomic E-state index is -1.11. The first-order valence-corrected chi connectivity index (χ1v) is 10.8. The molecule has 2 unspecified atom stereocenters. The number of aliphatic carboxylic acids is 1. The van der Waals surface area contributed by atoms with E-state index in [9.17, 15) is 14.7 Å². The third-order valence-corrected chi connectivity index (χ3v) is 7.46. The number of benzene rings is 1. The van der Waals surface area contributed by atoms with Crippen molar-refractivity contribution in [1.82, 2.24) is 10.2 Å². The lowest BCUT2D eigenvalue weighted by atomic mass is 10.0. The minimum absolute atomic E-state index is 0.0387. The Morgan fingerprint density at radius 1 is 1.43 bits per heavy atom. The maximum atomic E-state index is 12.8. The Hall–Kier alpha value is -2.23. The Balaban J connectivity index is 1.51. The maximum Gasteiger partial charge on any atom is 0.353 e. The first-order valence-electron chi connectivity index (χ1n) is 8.89. The van der Waals surface area contributed by atoms with E-state index in [1.54, 1.807) is 17.2 Å². The molecule has 1 aromatic rings. The Morgan fingerprint density at radius 3 is 2.96 bits per heavy atom. The van der Waals surface area contributed by atoms with Gasteiger partial charge in [-0.2, -0.15) is 0 Å². The van der Waals surface area contributed by atoms with Gasteiger partial charge in [0, 0.05) is 16.7 Å². The van der Waals surface area contributed by atoms with Gasteiger partial charge in [-0.1, -0.05) is 36.0 Å². The fourth-order valence-electron chi connectivity index (χ4n) is 3.84. The largest absolute Gasteiger partial charge is 0.477 e. The second-order valence-electron chi connectivity index (χ2n) is 6.80. The zero-order valence-corrected chi connectivity index (χ0v) is 16.6. The molecule has 1 saturated heterocycles. The molecule has 0 radical (unpaired) electrons. The summed E-state index contributed by atoms with van der Waals surface area (Å²) >= 11 is 2.75. The third kappa shape index (κ3) is 3.34. The molecule has 5 N–H and O–H groups in total. The molecule has 9 heteroatoms. The molecule has 0 bridgehead atoms. The number of β-lactam (4-membered cyclic amide) rings is 1. The quantitative estimate of drug-likeness (QED) is 0.318. The topological polar surface area (TPSA) is 120 Å². The third-order valence-electron chi connectivity index (χ3n) is 5.11. The van der Waals surface area contributed by atoms with E-state index < -0.39 is 5.97 Å². The molecule has 1 aliphatic carbocycles. The number of carbonyl (C=O) groups is 2. The average Bonchev–Trinajstić information content (AvgIpc) is 3.08. The van der Waals surface area contributed by atoms with Crippen molar-refractivity contribution < 1.29 is 14.7 Å². The Bertz CT molecular complexity index is 914. The van der Waals surface area contributed by atoms with Gasteiger partial charge in [0.1, 0.15) is 22.9 Å². The number of hydrogen-bond acceptors (Lipinski definition) is 6. The number of amidine groups is 1. The van der Waals surface area contributed by atoms with E-state index >= 15 is 0 Å². The lowest BCUT2D eigenvalue weighted by Crippen LogP contribution is -2.70. The van der Waals surface area contributed by atoms with Crippen molar-refractivity contribution in [3.8, 4) is 0 Å². The van der Waals surface area contributed by atoms with E-state index in [2.05, 4.69) is 17.4 Å². The summed E-state index contributed by atoms with van der Waals surface area (Å²) in [7, 11) is 0. The van der Waals surface area contributed by atoms with Crippen LogP contribution < -0.4 is 11.1 Å². The fourth-order valence-corrected chi connectivity index (χ4v) is 6.20. The second-order valence-corrected chi connectivity index (χ2v) is 8.90. The van der Waals surface area contributed by atoms with E-state index in [0.717, 1.165) is 12.8 Å². The Labute approximate surface area is 170 Å². The highest BCUT2D eigenvalue weighted by Gasteiger charge is 2.54. The highest BCUT2D eigenvalue weighted by molar-refractivity contribution is 8.08. The molecule has 0 saturated carbocycles. The molecule has 28 heavy (non-hydrogen) atoms. The number of hydrogen-bond donors (Lipinski definition) is 4. The highest BCUT2D eigenvalue weighted by Crippen LogP contribution is 2.45. The summed E-state index contributed by atoms with van der Waals surface area (Å²) in [5.74, 6) is -0.912. The lowest BCUT2D eigenvalue weighted by molar-refractivity contribution is -0.149. The Kier molecular flexibility index (Phi) is 5.22. The predicted octanol–water partition coefficient (Wildman–Crippen LogP) is 2.03. The SMILES string of the molecule is N=C(N)/C=C/SC1=C(C(=O)O)N2C(=O)C(NC3CCc4ccccc43)[C@H]2SC1. The summed E-state index contributed by atoms with van der Waals surface area (Å²) in [4.78, 5) is 26.6. The molecular weight excluding hydrogens is 396 g/mol. The van der Waals surface area contributed by atoms with Crippen LogP contribution in [0.5, 0.6) is 0 Å². The highest BCUT2D eigenvalue weighted by atomic mass is 32.2. The van der Waals surface area contributed by atoms with E-state index in [4.69, 9.17) is 11.1 Å². The summed E-state index contributed by atoms with van der Waals surface area (Å²) in [6, 6.07) is 7.98. The number of aryl methyl sites for hydroxylation is 1. The molecule has 1 fully saturated rings. The summed E-state index contributed by atoms with van der Waals surface area (Å²) < 4.78 is 0. The molecule has 7 nitrogen and oxygen atoms in total. The van der Waals surface area contributed by atoms with Crippen LogP contribution in [-0.4, -0.2) is 44.9 Å². The van der Waals surface area contributed by atoms with Crippen LogP contribution in [0.1, 0.15) is 23.6 Å². The molecule has 4 rings (SSSR count). The van der Waals surface area contributed by atoms with Crippen molar-refractivity contribution >= 4 is 41.2 Å². The van der Waals surface area contributed by atoms with Gasteiger partial charge in [0.25, 0.3) is 0 Å². The smallest absolute Gasteiger partial charge is 0.353 e. The van der Waals surface area contributed by atoms with E-state index in [-0.39, 0.29) is 34.9 Å². The monoisotopic (exact) mass is 416 g/mol. The number of carboxylic acids is 1. The van der Waals surface area contributed by atoms with E-state index in [0.29, 0.717) is 10.7 Å². The zero-order chi connectivity index (χ0) is 19.8. The number of fused-ring (bicyclic) bond motifs is 2. The van der Waals surface area contributed by atoms with E-state index in [1.807, 2.05) is 12.1 Å². The number of nitrogens with two attached hydrogens (primary N) is 1. The standard InChI is InChI=1S/C19H20N4O3S2/c20-14(21)7-8-27-13-9-28-18-15(17(24)23(18)16(13)19(25)26)22-12-6-5-10-3-1-2-4-11(10)12/h1-4,7-8,12,15,18,22H,5-6,9H2,(H3,20,21)(H,25,26)/b8-7+/t12?,15?,18-/m1/s1. The summed E-state index contributed by atoms with van der Waals surface area (Å²) in [5, 5.41) is 21.7. The number of thioether (sulfide) groups is 2. The second kappa shape index (κ2) is 7.65. The van der Waals surface area contributed by atoms with Crippen LogP contribution in [0, 0.1) is 5.41 Å². The van der Waals surface area contributed by atoms with Gasteiger partial charge in [-0.05, 0) is 35.5 Å². The molecular formula is C19H20N4O3S2. The molecule has 146 valence electrons. The molecule has 0 aromatic heterocycles. The van der Waals surface area contributed by atoms with Crippen LogP contribution in [0.15, 0.2) is 46.4 Å². The molecule has 0 spiro atoms. The van der Waals surface area contributed by atoms with Crippen LogP contribution in [0.2, 0.25) is 0 Å². The number of nitrogens with one attached hydrogen (secondary N) is 2. The van der Waals surface area contributed by atoms with Crippen molar-refractivity contribution in [3.63, 3.8) is 0 Å². The van der Waals surface area contributed by atoms with Crippen LogP contribution >= 0.6 is 23.5 Å². The zero-order valence-electron chi connectivity index (χ0n) is 14.9. The first-order chi connectivity index (χ1) is 13.5. The van der Waals surface area contributed by atoms with Crippen LogP contribution in [-0.2, 0) is 16.0 Å². The van der Waals surface area contributed by atoms with E-state index in [1.165, 1.54) is 33.9 Å². The van der Waals surface area contributed by atoms with Crippen molar-refractivity contribution in [2.75, 3.05) is 5.75 Å². The number of carbonyl (C=O) groups excluding carboxylic acids is 1. The lowest BCUT2D eigenvalue weighted by Gasteiger charge is -2.50. The van der Waals surface area contributed by atoms with Gasteiger partial charge in [-0.25, -0.2) is 4.79 Å². The Morgan fingerprint density at radius 2 is 2.21 bits per heavy atom. The van der Waals surface area contributed by atoms with Crippen molar-refractivity contribution in [2.24, 2.45) is 5.73 Å². The predicted molar refractivity (Wildman–Crippen MR) is 111 cm³/mol. The number of carboxylic acid groups (broad SMARTS) is 1. The molecule has 2 heterocycles. The number of nitrogens with zero attached hydrogens (tertiary/aromatic N) is 1. The average molecular weight is 417 g/mol. The van der Waals surface area contributed by atoms with Gasteiger partial charge in [0.15, 0.2) is 0 Å². The summed E-state index contributed by atoms with van der Waals surface area (Å²) in [5.41, 5.74) is 7.86. The van der Waals surface area contributed by atoms with Gasteiger partial charge in [-0.3, -0.25) is 20.4 Å². The normalized spacial score (nSPS) is 26.2. The first kappa shape index (κ1) is 19.1. The summed E-state index contributed by atoms with van der Waals surface area (Å²) in [6.07, 6.45) is 3.33. The molecule has 2 aliphatic heterocycles. The minimum Gasteiger partial charge on any atom is -0.477 e. The van der Waals surface area contributed by atoms with Gasteiger partial charge < -0.3 is 10.8 Å². The van der Waals surface area contributed by atoms with Crippen molar-refractivity contribution in [1.29, 1.82) is 5.41 Å². The van der Waals surface area contributed by atoms with Crippen molar-refractivity contribution in [3.05, 3.63) is 57.5 Å².